The van der Waals surface area contributed by atoms with Gasteiger partial charge in [-0.05, 0) is 36.8 Å². The van der Waals surface area contributed by atoms with Crippen LogP contribution >= 0.6 is 0 Å². The van der Waals surface area contributed by atoms with Gasteiger partial charge in [-0.2, -0.15) is 0 Å². The second-order valence-electron chi connectivity index (χ2n) is 6.30. The first-order chi connectivity index (χ1) is 9.03. The fourth-order valence-electron chi connectivity index (χ4n) is 2.84. The fraction of sp³-hybridized carbons (Fsp3) is 0.588. The average molecular weight is 259 g/mol. The van der Waals surface area contributed by atoms with Gasteiger partial charge in [0.05, 0.1) is 0 Å². The van der Waals surface area contributed by atoms with Crippen LogP contribution in [0.3, 0.4) is 0 Å². The normalized spacial score (nSPS) is 19.0. The van der Waals surface area contributed by atoms with Crippen LogP contribution in [0, 0.1) is 5.41 Å². The number of ketones is 1. The summed E-state index contributed by atoms with van der Waals surface area (Å²) in [4.78, 5) is 14.5. The van der Waals surface area contributed by atoms with Gasteiger partial charge in [-0.15, -0.1) is 0 Å². The Bertz CT molecular complexity index is 450. The highest BCUT2D eigenvalue weighted by Gasteiger charge is 2.24. The van der Waals surface area contributed by atoms with Gasteiger partial charge in [-0.25, -0.2) is 0 Å². The molecule has 0 amide bonds. The third-order valence-corrected chi connectivity index (χ3v) is 4.21. The standard InChI is InChI=1S/C17H25NO/c1-4-16(19)14-8-5-6-9-15(14)18-12-7-10-17(2,3)11-13-18/h5-6,8-9H,4,7,10-13H2,1-3H3. The molecule has 1 aromatic carbocycles. The monoisotopic (exact) mass is 259 g/mol. The van der Waals surface area contributed by atoms with Crippen molar-refractivity contribution in [3.05, 3.63) is 29.8 Å². The second kappa shape index (κ2) is 5.77. The van der Waals surface area contributed by atoms with Crippen molar-refractivity contribution in [1.29, 1.82) is 0 Å². The van der Waals surface area contributed by atoms with E-state index in [1.807, 2.05) is 25.1 Å². The molecule has 1 saturated heterocycles. The third-order valence-electron chi connectivity index (χ3n) is 4.21. The van der Waals surface area contributed by atoms with Crippen molar-refractivity contribution in [2.75, 3.05) is 18.0 Å². The smallest absolute Gasteiger partial charge is 0.164 e. The Hall–Kier alpha value is -1.31. The fourth-order valence-corrected chi connectivity index (χ4v) is 2.84. The number of para-hydroxylation sites is 1. The quantitative estimate of drug-likeness (QED) is 0.754. The number of benzene rings is 1. The molecular weight excluding hydrogens is 234 g/mol. The highest BCUT2D eigenvalue weighted by molar-refractivity contribution is 6.01. The summed E-state index contributed by atoms with van der Waals surface area (Å²) in [5.41, 5.74) is 2.45. The summed E-state index contributed by atoms with van der Waals surface area (Å²) >= 11 is 0. The van der Waals surface area contributed by atoms with Crippen LogP contribution in [0.4, 0.5) is 5.69 Å². The predicted octanol–water partition coefficient (Wildman–Crippen LogP) is 4.30. The van der Waals surface area contributed by atoms with E-state index in [1.165, 1.54) is 19.3 Å². The van der Waals surface area contributed by atoms with E-state index in [2.05, 4.69) is 24.8 Å². The largest absolute Gasteiger partial charge is 0.371 e. The molecule has 0 N–H and O–H groups in total. The van der Waals surface area contributed by atoms with E-state index in [0.29, 0.717) is 11.8 Å². The van der Waals surface area contributed by atoms with Gasteiger partial charge < -0.3 is 4.90 Å². The van der Waals surface area contributed by atoms with E-state index in [0.717, 1.165) is 24.3 Å². The van der Waals surface area contributed by atoms with E-state index in [9.17, 15) is 4.79 Å². The topological polar surface area (TPSA) is 20.3 Å². The zero-order valence-electron chi connectivity index (χ0n) is 12.4. The SMILES string of the molecule is CCC(=O)c1ccccc1N1CCCC(C)(C)CC1. The zero-order chi connectivity index (χ0) is 13.9. The minimum atomic E-state index is 0.249. The van der Waals surface area contributed by atoms with Gasteiger partial charge in [0.2, 0.25) is 0 Å². The number of rotatable bonds is 3. The van der Waals surface area contributed by atoms with Crippen molar-refractivity contribution in [3.8, 4) is 0 Å². The molecule has 0 aromatic heterocycles. The molecule has 19 heavy (non-hydrogen) atoms. The maximum Gasteiger partial charge on any atom is 0.164 e. The van der Waals surface area contributed by atoms with Gasteiger partial charge in [0.25, 0.3) is 0 Å². The van der Waals surface area contributed by atoms with Gasteiger partial charge in [-0.3, -0.25) is 4.79 Å². The van der Waals surface area contributed by atoms with Crippen LogP contribution in [0.15, 0.2) is 24.3 Å². The number of carbonyl (C=O) groups is 1. The van der Waals surface area contributed by atoms with Crippen molar-refractivity contribution in [2.24, 2.45) is 5.41 Å². The lowest BCUT2D eigenvalue weighted by molar-refractivity contribution is 0.0988. The summed E-state index contributed by atoms with van der Waals surface area (Å²) in [5.74, 6) is 0.249. The molecule has 2 rings (SSSR count). The van der Waals surface area contributed by atoms with E-state index in [-0.39, 0.29) is 5.78 Å². The highest BCUT2D eigenvalue weighted by atomic mass is 16.1. The molecule has 1 aliphatic heterocycles. The maximum atomic E-state index is 12.1. The first kappa shape index (κ1) is 14.1. The first-order valence-electron chi connectivity index (χ1n) is 7.41. The molecule has 2 nitrogen and oxygen atoms in total. The zero-order valence-corrected chi connectivity index (χ0v) is 12.4. The summed E-state index contributed by atoms with van der Waals surface area (Å²) in [6, 6.07) is 8.07. The number of Topliss-reactive ketones (excluding diaryl/α,β-unsaturated/α-hetero) is 1. The Labute approximate surface area is 116 Å². The molecule has 0 spiro atoms. The Morgan fingerprint density at radius 1 is 1.21 bits per heavy atom. The summed E-state index contributed by atoms with van der Waals surface area (Å²) in [7, 11) is 0. The van der Waals surface area contributed by atoms with Crippen LogP contribution in [-0.4, -0.2) is 18.9 Å². The van der Waals surface area contributed by atoms with E-state index in [1.54, 1.807) is 0 Å². The Morgan fingerprint density at radius 3 is 2.68 bits per heavy atom. The molecular formula is C17H25NO. The van der Waals surface area contributed by atoms with Crippen molar-refractivity contribution in [3.63, 3.8) is 0 Å². The molecule has 0 unspecified atom stereocenters. The average Bonchev–Trinajstić information content (AvgIpc) is 2.59. The van der Waals surface area contributed by atoms with Crippen LogP contribution in [-0.2, 0) is 0 Å². The van der Waals surface area contributed by atoms with Crippen molar-refractivity contribution in [1.82, 2.24) is 0 Å². The molecule has 2 heteroatoms. The number of carbonyl (C=O) groups excluding carboxylic acids is 1. The molecule has 1 heterocycles. The summed E-state index contributed by atoms with van der Waals surface area (Å²) < 4.78 is 0. The number of nitrogens with zero attached hydrogens (tertiary/aromatic N) is 1. The van der Waals surface area contributed by atoms with Crippen LogP contribution in [0.1, 0.15) is 56.8 Å². The number of hydrogen-bond donors (Lipinski definition) is 0. The third kappa shape index (κ3) is 3.37. The maximum absolute atomic E-state index is 12.1. The lowest BCUT2D eigenvalue weighted by Gasteiger charge is -2.26. The first-order valence-corrected chi connectivity index (χ1v) is 7.41. The van der Waals surface area contributed by atoms with Gasteiger partial charge in [0.1, 0.15) is 0 Å². The van der Waals surface area contributed by atoms with Gasteiger partial charge in [0.15, 0.2) is 5.78 Å². The lowest BCUT2D eigenvalue weighted by Crippen LogP contribution is -2.26. The summed E-state index contributed by atoms with van der Waals surface area (Å²) in [6.45, 7) is 8.75. The molecule has 1 aliphatic rings. The Morgan fingerprint density at radius 2 is 1.95 bits per heavy atom. The summed E-state index contributed by atoms with van der Waals surface area (Å²) in [5, 5.41) is 0. The van der Waals surface area contributed by atoms with Gasteiger partial charge >= 0.3 is 0 Å². The Balaban J connectivity index is 2.24. The highest BCUT2D eigenvalue weighted by Crippen LogP contribution is 2.32. The molecule has 1 aromatic rings. The van der Waals surface area contributed by atoms with E-state index < -0.39 is 0 Å². The second-order valence-corrected chi connectivity index (χ2v) is 6.30. The molecule has 104 valence electrons. The van der Waals surface area contributed by atoms with Crippen LogP contribution < -0.4 is 4.90 Å². The number of anilines is 1. The minimum Gasteiger partial charge on any atom is -0.371 e. The summed E-state index contributed by atoms with van der Waals surface area (Å²) in [6.07, 6.45) is 4.26. The molecule has 0 saturated carbocycles. The van der Waals surface area contributed by atoms with Crippen molar-refractivity contribution >= 4 is 11.5 Å². The lowest BCUT2D eigenvalue weighted by atomic mass is 9.85. The molecule has 0 radical (unpaired) electrons. The van der Waals surface area contributed by atoms with E-state index >= 15 is 0 Å². The Kier molecular flexibility index (Phi) is 4.28. The van der Waals surface area contributed by atoms with Gasteiger partial charge in [0, 0.05) is 30.8 Å². The van der Waals surface area contributed by atoms with Crippen LogP contribution in [0.2, 0.25) is 0 Å². The van der Waals surface area contributed by atoms with Crippen molar-refractivity contribution < 1.29 is 4.79 Å². The van der Waals surface area contributed by atoms with E-state index in [4.69, 9.17) is 0 Å². The molecule has 0 bridgehead atoms. The van der Waals surface area contributed by atoms with Gasteiger partial charge in [-0.1, -0.05) is 32.9 Å². The molecule has 0 aliphatic carbocycles. The predicted molar refractivity (Wildman–Crippen MR) is 80.9 cm³/mol. The van der Waals surface area contributed by atoms with Crippen molar-refractivity contribution in [2.45, 2.75) is 46.5 Å². The van der Waals surface area contributed by atoms with Crippen LogP contribution in [0.5, 0.6) is 0 Å². The minimum absolute atomic E-state index is 0.249. The molecule has 1 fully saturated rings. The number of hydrogen-bond acceptors (Lipinski definition) is 2. The molecule has 0 atom stereocenters. The van der Waals surface area contributed by atoms with Crippen LogP contribution in [0.25, 0.3) is 0 Å².